The normalized spacial score (nSPS) is 35.1. The first kappa shape index (κ1) is 6.28. The maximum absolute atomic E-state index is 12.2. The maximum Gasteiger partial charge on any atom is 0.318 e. The second-order valence-corrected chi connectivity index (χ2v) is 1.93. The molecular weight excluding hydrogens is 125 g/mol. The topological polar surface area (TPSA) is 67.1 Å². The van der Waals surface area contributed by atoms with Gasteiger partial charge in [0, 0.05) is 6.42 Å². The number of amides is 2. The Morgan fingerprint density at radius 2 is 2.33 bits per heavy atom. The first-order valence-corrected chi connectivity index (χ1v) is 2.65. The van der Waals surface area contributed by atoms with E-state index in [2.05, 4.69) is 5.32 Å². The second-order valence-electron chi connectivity index (χ2n) is 1.93. The highest BCUT2D eigenvalue weighted by molar-refractivity contribution is 5.75. The van der Waals surface area contributed by atoms with E-state index in [-0.39, 0.29) is 6.42 Å². The Morgan fingerprint density at radius 1 is 1.67 bits per heavy atom. The van der Waals surface area contributed by atoms with E-state index < -0.39 is 18.5 Å². The standard InChI is InChI=1S/C4H8FN3O/c5-2-1-3(6)8-4(9)7-2/h2-3H,1,6H2,(H2,7,8,9). The van der Waals surface area contributed by atoms with Crippen molar-refractivity contribution in [1.82, 2.24) is 10.6 Å². The van der Waals surface area contributed by atoms with Gasteiger partial charge in [0.15, 0.2) is 6.30 Å². The Bertz CT molecular complexity index is 117. The lowest BCUT2D eigenvalue weighted by Crippen LogP contribution is -2.56. The van der Waals surface area contributed by atoms with Crippen LogP contribution in [0.1, 0.15) is 6.42 Å². The van der Waals surface area contributed by atoms with Gasteiger partial charge in [-0.3, -0.25) is 0 Å². The Balaban J connectivity index is 2.43. The summed E-state index contributed by atoms with van der Waals surface area (Å²) in [5, 5.41) is 4.31. The van der Waals surface area contributed by atoms with E-state index in [1.807, 2.05) is 5.32 Å². The number of hydrogen-bond donors (Lipinski definition) is 3. The van der Waals surface area contributed by atoms with Crippen LogP contribution < -0.4 is 16.4 Å². The molecule has 0 aromatic heterocycles. The van der Waals surface area contributed by atoms with Gasteiger partial charge in [-0.1, -0.05) is 0 Å². The van der Waals surface area contributed by atoms with Gasteiger partial charge in [-0.05, 0) is 0 Å². The van der Waals surface area contributed by atoms with Crippen LogP contribution in [0.3, 0.4) is 0 Å². The third-order valence-corrected chi connectivity index (χ3v) is 1.07. The summed E-state index contributed by atoms with van der Waals surface area (Å²) in [7, 11) is 0. The number of carbonyl (C=O) groups excluding carboxylic acids is 1. The van der Waals surface area contributed by atoms with E-state index in [0.717, 1.165) is 0 Å². The Labute approximate surface area is 51.6 Å². The van der Waals surface area contributed by atoms with Crippen LogP contribution in [0.4, 0.5) is 9.18 Å². The van der Waals surface area contributed by atoms with Gasteiger partial charge in [-0.2, -0.15) is 0 Å². The molecule has 0 aromatic rings. The van der Waals surface area contributed by atoms with Crippen molar-refractivity contribution in [2.45, 2.75) is 18.9 Å². The molecule has 2 unspecified atom stereocenters. The van der Waals surface area contributed by atoms with Gasteiger partial charge in [-0.15, -0.1) is 0 Å². The Kier molecular flexibility index (Phi) is 1.52. The molecule has 2 atom stereocenters. The van der Waals surface area contributed by atoms with Crippen LogP contribution in [-0.4, -0.2) is 18.5 Å². The molecule has 4 nitrogen and oxygen atoms in total. The summed E-state index contributed by atoms with van der Waals surface area (Å²) in [6, 6.07) is -0.541. The van der Waals surface area contributed by atoms with E-state index in [1.54, 1.807) is 0 Å². The monoisotopic (exact) mass is 133 g/mol. The lowest BCUT2D eigenvalue weighted by molar-refractivity contribution is 0.180. The number of halogens is 1. The van der Waals surface area contributed by atoms with Crippen molar-refractivity contribution in [2.24, 2.45) is 5.73 Å². The number of carbonyl (C=O) groups is 1. The summed E-state index contributed by atoms with van der Waals surface area (Å²) >= 11 is 0. The van der Waals surface area contributed by atoms with Crippen LogP contribution in [0.2, 0.25) is 0 Å². The van der Waals surface area contributed by atoms with Crippen LogP contribution in [0, 0.1) is 0 Å². The number of urea groups is 1. The van der Waals surface area contributed by atoms with Crippen molar-refractivity contribution in [3.8, 4) is 0 Å². The number of hydrogen-bond acceptors (Lipinski definition) is 2. The molecule has 52 valence electrons. The molecular formula is C4H8FN3O. The highest BCUT2D eigenvalue weighted by Crippen LogP contribution is 1.99. The number of nitrogens with one attached hydrogen (secondary N) is 2. The summed E-state index contributed by atoms with van der Waals surface area (Å²) in [4.78, 5) is 10.3. The molecule has 1 aliphatic heterocycles. The quantitative estimate of drug-likeness (QED) is 0.381. The molecule has 0 saturated carbocycles. The first-order valence-electron chi connectivity index (χ1n) is 2.65. The van der Waals surface area contributed by atoms with Crippen LogP contribution in [0.5, 0.6) is 0 Å². The van der Waals surface area contributed by atoms with Crippen molar-refractivity contribution in [3.05, 3.63) is 0 Å². The lowest BCUT2D eigenvalue weighted by atomic mass is 10.3. The molecule has 9 heavy (non-hydrogen) atoms. The van der Waals surface area contributed by atoms with Gasteiger partial charge in [0.2, 0.25) is 0 Å². The second kappa shape index (κ2) is 2.18. The molecule has 1 fully saturated rings. The highest BCUT2D eigenvalue weighted by atomic mass is 19.1. The SMILES string of the molecule is NC1CC(F)NC(=O)N1. The molecule has 1 saturated heterocycles. The fourth-order valence-corrected chi connectivity index (χ4v) is 0.693. The maximum atomic E-state index is 12.2. The predicted molar refractivity (Wildman–Crippen MR) is 29.2 cm³/mol. The van der Waals surface area contributed by atoms with Gasteiger partial charge >= 0.3 is 6.03 Å². The molecule has 0 spiro atoms. The minimum atomic E-state index is -1.30. The zero-order valence-corrected chi connectivity index (χ0v) is 4.73. The van der Waals surface area contributed by atoms with Crippen LogP contribution in [0.25, 0.3) is 0 Å². The van der Waals surface area contributed by atoms with Crippen molar-refractivity contribution >= 4 is 6.03 Å². The first-order chi connectivity index (χ1) is 4.18. The van der Waals surface area contributed by atoms with E-state index >= 15 is 0 Å². The molecule has 0 bridgehead atoms. The summed E-state index contributed by atoms with van der Waals surface area (Å²) in [6.07, 6.45) is -1.71. The van der Waals surface area contributed by atoms with Crippen molar-refractivity contribution < 1.29 is 9.18 Å². The third-order valence-electron chi connectivity index (χ3n) is 1.07. The zero-order valence-electron chi connectivity index (χ0n) is 4.73. The summed E-state index contributed by atoms with van der Waals surface area (Å²) in [5.41, 5.74) is 5.20. The lowest BCUT2D eigenvalue weighted by Gasteiger charge is -2.23. The summed E-state index contributed by atoms with van der Waals surface area (Å²) in [5.74, 6) is 0. The van der Waals surface area contributed by atoms with E-state index in [1.165, 1.54) is 0 Å². The van der Waals surface area contributed by atoms with Gasteiger partial charge in [-0.25, -0.2) is 9.18 Å². The van der Waals surface area contributed by atoms with Gasteiger partial charge in [0.25, 0.3) is 0 Å². The predicted octanol–water partition coefficient (Wildman–Crippen LogP) is -0.730. The smallest absolute Gasteiger partial charge is 0.318 e. The number of alkyl halides is 1. The van der Waals surface area contributed by atoms with Crippen molar-refractivity contribution in [3.63, 3.8) is 0 Å². The van der Waals surface area contributed by atoms with Crippen LogP contribution in [-0.2, 0) is 0 Å². The van der Waals surface area contributed by atoms with Crippen molar-refractivity contribution in [1.29, 1.82) is 0 Å². The molecule has 1 heterocycles. The minimum Gasteiger partial charge on any atom is -0.323 e. The van der Waals surface area contributed by atoms with Gasteiger partial charge < -0.3 is 16.4 Å². The van der Waals surface area contributed by atoms with Crippen molar-refractivity contribution in [2.75, 3.05) is 0 Å². The molecule has 0 aliphatic carbocycles. The number of rotatable bonds is 0. The summed E-state index contributed by atoms with van der Waals surface area (Å²) in [6.45, 7) is 0. The molecule has 2 amide bonds. The zero-order chi connectivity index (χ0) is 6.85. The third kappa shape index (κ3) is 1.53. The van der Waals surface area contributed by atoms with E-state index in [9.17, 15) is 9.18 Å². The van der Waals surface area contributed by atoms with Gasteiger partial charge in [0.1, 0.15) is 0 Å². The molecule has 5 heteroatoms. The van der Waals surface area contributed by atoms with Crippen LogP contribution >= 0.6 is 0 Å². The number of nitrogens with two attached hydrogens (primary N) is 1. The fourth-order valence-electron chi connectivity index (χ4n) is 0.693. The molecule has 1 aliphatic rings. The molecule has 0 aromatic carbocycles. The fraction of sp³-hybridized carbons (Fsp3) is 0.750. The van der Waals surface area contributed by atoms with E-state index in [4.69, 9.17) is 5.73 Å². The van der Waals surface area contributed by atoms with Gasteiger partial charge in [0.05, 0.1) is 6.17 Å². The Morgan fingerprint density at radius 3 is 2.78 bits per heavy atom. The van der Waals surface area contributed by atoms with E-state index in [0.29, 0.717) is 0 Å². The molecule has 0 radical (unpaired) electrons. The Hall–Kier alpha value is -0.840. The largest absolute Gasteiger partial charge is 0.323 e. The average molecular weight is 133 g/mol. The highest BCUT2D eigenvalue weighted by Gasteiger charge is 2.21. The van der Waals surface area contributed by atoms with Crippen LogP contribution in [0.15, 0.2) is 0 Å². The molecule has 4 N–H and O–H groups in total. The molecule has 1 rings (SSSR count). The average Bonchev–Trinajstić information content (AvgIpc) is 1.59. The summed E-state index contributed by atoms with van der Waals surface area (Å²) < 4.78 is 12.2. The minimum absolute atomic E-state index is 0.131.